The molecule has 0 spiro atoms. The molecule has 0 aromatic heterocycles. The molecule has 0 radical (unpaired) electrons. The van der Waals surface area contributed by atoms with Crippen molar-refractivity contribution in [2.45, 2.75) is 6.54 Å². The Bertz CT molecular complexity index is 676. The van der Waals surface area contributed by atoms with Crippen LogP contribution in [-0.4, -0.2) is 18.2 Å². The number of esters is 1. The smallest absolute Gasteiger partial charge is 0.340 e. The van der Waals surface area contributed by atoms with Crippen molar-refractivity contribution in [2.24, 2.45) is 0 Å². The molecule has 6 heteroatoms. The van der Waals surface area contributed by atoms with Crippen molar-refractivity contribution in [3.8, 4) is 5.75 Å². The van der Waals surface area contributed by atoms with Crippen LogP contribution < -0.4 is 5.32 Å². The van der Waals surface area contributed by atoms with Gasteiger partial charge in [0.25, 0.3) is 0 Å². The summed E-state index contributed by atoms with van der Waals surface area (Å²) in [6, 6.07) is 10.1. The van der Waals surface area contributed by atoms with E-state index in [1.807, 2.05) is 0 Å². The second-order valence-electron chi connectivity index (χ2n) is 4.31. The maximum absolute atomic E-state index is 11.7. The molecule has 0 amide bonds. The van der Waals surface area contributed by atoms with E-state index in [-0.39, 0.29) is 5.75 Å². The molecule has 0 fully saturated rings. The van der Waals surface area contributed by atoms with Gasteiger partial charge in [-0.25, -0.2) is 4.79 Å². The molecule has 0 bridgehead atoms. The average molecular weight is 371 g/mol. The molecule has 0 aliphatic rings. The Morgan fingerprint density at radius 1 is 1.33 bits per heavy atom. The van der Waals surface area contributed by atoms with Crippen LogP contribution in [0, 0.1) is 0 Å². The van der Waals surface area contributed by atoms with Gasteiger partial charge < -0.3 is 15.2 Å². The average Bonchev–Trinajstić information content (AvgIpc) is 2.48. The summed E-state index contributed by atoms with van der Waals surface area (Å²) < 4.78 is 5.59. The molecule has 0 saturated carbocycles. The number of aromatic hydroxyl groups is 1. The van der Waals surface area contributed by atoms with Crippen LogP contribution in [0.1, 0.15) is 15.9 Å². The van der Waals surface area contributed by atoms with E-state index in [4.69, 9.17) is 16.3 Å². The van der Waals surface area contributed by atoms with Gasteiger partial charge >= 0.3 is 5.97 Å². The van der Waals surface area contributed by atoms with Crippen molar-refractivity contribution < 1.29 is 14.6 Å². The highest BCUT2D eigenvalue weighted by atomic mass is 79.9. The first-order chi connectivity index (χ1) is 10.0. The van der Waals surface area contributed by atoms with E-state index in [0.717, 1.165) is 4.47 Å². The quantitative estimate of drug-likeness (QED) is 0.792. The van der Waals surface area contributed by atoms with Gasteiger partial charge in [0.15, 0.2) is 0 Å². The Morgan fingerprint density at radius 2 is 2.10 bits per heavy atom. The van der Waals surface area contributed by atoms with Gasteiger partial charge in [0, 0.05) is 27.3 Å². The van der Waals surface area contributed by atoms with Gasteiger partial charge in [-0.15, -0.1) is 0 Å². The summed E-state index contributed by atoms with van der Waals surface area (Å²) in [4.78, 5) is 11.7. The predicted molar refractivity (Wildman–Crippen MR) is 85.9 cm³/mol. The summed E-state index contributed by atoms with van der Waals surface area (Å²) in [6.07, 6.45) is 0. The Kier molecular flexibility index (Phi) is 5.09. The molecule has 110 valence electrons. The van der Waals surface area contributed by atoms with Gasteiger partial charge in [-0.2, -0.15) is 0 Å². The lowest BCUT2D eigenvalue weighted by Crippen LogP contribution is -2.08. The molecule has 0 aliphatic carbocycles. The molecule has 4 nitrogen and oxygen atoms in total. The lowest BCUT2D eigenvalue weighted by Gasteiger charge is -2.12. The lowest BCUT2D eigenvalue weighted by atomic mass is 10.1. The predicted octanol–water partition coefficient (Wildman–Crippen LogP) is 4.21. The van der Waals surface area contributed by atoms with Crippen LogP contribution in [0.3, 0.4) is 0 Å². The van der Waals surface area contributed by atoms with Gasteiger partial charge in [-0.3, -0.25) is 0 Å². The minimum Gasteiger partial charge on any atom is -0.508 e. The van der Waals surface area contributed by atoms with E-state index in [1.165, 1.54) is 13.2 Å². The Hall–Kier alpha value is -1.72. The summed E-state index contributed by atoms with van der Waals surface area (Å²) in [6.45, 7) is 0.358. The molecule has 0 saturated heterocycles. The third kappa shape index (κ3) is 3.89. The number of hydrogen-bond acceptors (Lipinski definition) is 4. The molecule has 21 heavy (non-hydrogen) atoms. The van der Waals surface area contributed by atoms with E-state index in [9.17, 15) is 9.90 Å². The van der Waals surface area contributed by atoms with Gasteiger partial charge in [-0.1, -0.05) is 27.5 Å². The SMILES string of the molecule is COC(=O)c1cc(Cl)ccc1NCc1cc(Br)ccc1O. The molecular formula is C15H13BrClNO3. The zero-order valence-electron chi connectivity index (χ0n) is 11.2. The molecular weight excluding hydrogens is 358 g/mol. The monoisotopic (exact) mass is 369 g/mol. The van der Waals surface area contributed by atoms with Crippen molar-refractivity contribution in [2.75, 3.05) is 12.4 Å². The van der Waals surface area contributed by atoms with E-state index in [0.29, 0.717) is 28.4 Å². The number of halogens is 2. The molecule has 0 heterocycles. The molecule has 0 aliphatic heterocycles. The summed E-state index contributed by atoms with van der Waals surface area (Å²) in [5.41, 5.74) is 1.64. The molecule has 0 atom stereocenters. The van der Waals surface area contributed by atoms with Crippen molar-refractivity contribution in [3.63, 3.8) is 0 Å². The Balaban J connectivity index is 2.24. The van der Waals surface area contributed by atoms with Crippen LogP contribution >= 0.6 is 27.5 Å². The first-order valence-corrected chi connectivity index (χ1v) is 7.27. The van der Waals surface area contributed by atoms with Crippen LogP contribution in [0.15, 0.2) is 40.9 Å². The summed E-state index contributed by atoms with van der Waals surface area (Å²) in [5, 5.41) is 13.4. The van der Waals surface area contributed by atoms with Gasteiger partial charge in [-0.05, 0) is 36.4 Å². The molecule has 2 N–H and O–H groups in total. The highest BCUT2D eigenvalue weighted by Crippen LogP contribution is 2.25. The third-order valence-electron chi connectivity index (χ3n) is 2.90. The number of nitrogens with one attached hydrogen (secondary N) is 1. The Labute approximate surface area is 135 Å². The maximum Gasteiger partial charge on any atom is 0.340 e. The number of phenolic OH excluding ortho intramolecular Hbond substituents is 1. The first kappa shape index (κ1) is 15.7. The Morgan fingerprint density at radius 3 is 2.81 bits per heavy atom. The van der Waals surface area contributed by atoms with Crippen molar-refractivity contribution in [1.82, 2.24) is 0 Å². The highest BCUT2D eigenvalue weighted by Gasteiger charge is 2.13. The highest BCUT2D eigenvalue weighted by molar-refractivity contribution is 9.10. The first-order valence-electron chi connectivity index (χ1n) is 6.10. The molecule has 2 rings (SSSR count). The lowest BCUT2D eigenvalue weighted by molar-refractivity contribution is 0.0602. The maximum atomic E-state index is 11.7. The minimum absolute atomic E-state index is 0.180. The number of methoxy groups -OCH3 is 1. The zero-order valence-corrected chi connectivity index (χ0v) is 13.5. The van der Waals surface area contributed by atoms with E-state index < -0.39 is 5.97 Å². The number of carbonyl (C=O) groups is 1. The summed E-state index contributed by atoms with van der Waals surface area (Å²) in [5.74, 6) is -0.294. The van der Waals surface area contributed by atoms with E-state index in [1.54, 1.807) is 30.3 Å². The van der Waals surface area contributed by atoms with Crippen LogP contribution in [0.25, 0.3) is 0 Å². The fourth-order valence-electron chi connectivity index (χ4n) is 1.84. The topological polar surface area (TPSA) is 58.6 Å². The summed E-state index contributed by atoms with van der Waals surface area (Å²) in [7, 11) is 1.31. The van der Waals surface area contributed by atoms with Gasteiger partial charge in [0.2, 0.25) is 0 Å². The number of hydrogen-bond donors (Lipinski definition) is 2. The number of phenols is 1. The number of rotatable bonds is 4. The van der Waals surface area contributed by atoms with Crippen LogP contribution in [0.2, 0.25) is 5.02 Å². The minimum atomic E-state index is -0.474. The second kappa shape index (κ2) is 6.83. The fourth-order valence-corrected chi connectivity index (χ4v) is 2.42. The van der Waals surface area contributed by atoms with Crippen molar-refractivity contribution in [1.29, 1.82) is 0 Å². The van der Waals surface area contributed by atoms with Crippen molar-refractivity contribution in [3.05, 3.63) is 57.0 Å². The summed E-state index contributed by atoms with van der Waals surface area (Å²) >= 11 is 9.25. The third-order valence-corrected chi connectivity index (χ3v) is 3.63. The fraction of sp³-hybridized carbons (Fsp3) is 0.133. The van der Waals surface area contributed by atoms with Crippen molar-refractivity contribution >= 4 is 39.2 Å². The van der Waals surface area contributed by atoms with Crippen LogP contribution in [0.4, 0.5) is 5.69 Å². The number of ether oxygens (including phenoxy) is 1. The van der Waals surface area contributed by atoms with Crippen LogP contribution in [0.5, 0.6) is 5.75 Å². The van der Waals surface area contributed by atoms with Gasteiger partial charge in [0.1, 0.15) is 5.75 Å². The number of benzene rings is 2. The van der Waals surface area contributed by atoms with Crippen LogP contribution in [-0.2, 0) is 11.3 Å². The number of carbonyl (C=O) groups excluding carboxylic acids is 1. The standard InChI is InChI=1S/C15H13BrClNO3/c1-21-15(20)12-7-11(17)3-4-13(12)18-8-9-6-10(16)2-5-14(9)19/h2-7,18-19H,8H2,1H3. The van der Waals surface area contributed by atoms with E-state index in [2.05, 4.69) is 21.2 Å². The largest absolute Gasteiger partial charge is 0.508 e. The molecule has 2 aromatic rings. The normalized spacial score (nSPS) is 10.2. The molecule has 2 aromatic carbocycles. The van der Waals surface area contributed by atoms with E-state index >= 15 is 0 Å². The molecule has 0 unspecified atom stereocenters. The van der Waals surface area contributed by atoms with Gasteiger partial charge in [0.05, 0.1) is 12.7 Å². The second-order valence-corrected chi connectivity index (χ2v) is 5.66. The zero-order chi connectivity index (χ0) is 15.4. The number of anilines is 1.